The topological polar surface area (TPSA) is 37.8 Å². The van der Waals surface area contributed by atoms with Crippen molar-refractivity contribution in [2.45, 2.75) is 45.6 Å². The molecule has 3 rings (SSSR count). The van der Waals surface area contributed by atoms with Gasteiger partial charge in [0.05, 0.1) is 5.39 Å². The molecule has 0 radical (unpaired) electrons. The second kappa shape index (κ2) is 5.82. The number of rotatable bonds is 3. The number of fused-ring (bicyclic) bond motifs is 1. The molecule has 5 heteroatoms. The third kappa shape index (κ3) is 2.74. The number of aromatic nitrogens is 2. The van der Waals surface area contributed by atoms with Crippen LogP contribution in [0.1, 0.15) is 39.0 Å². The summed E-state index contributed by atoms with van der Waals surface area (Å²) in [6.07, 6.45) is 6.36. The minimum atomic E-state index is 0.0638. The van der Waals surface area contributed by atoms with Gasteiger partial charge in [0.25, 0.3) is 5.56 Å². The number of nitrogens with one attached hydrogen (secondary N) is 1. The van der Waals surface area contributed by atoms with Crippen molar-refractivity contribution in [1.82, 2.24) is 9.55 Å². The summed E-state index contributed by atoms with van der Waals surface area (Å²) in [6.45, 7) is 3.08. The molecule has 2 aromatic rings. The predicted molar refractivity (Wildman–Crippen MR) is 87.0 cm³/mol. The van der Waals surface area contributed by atoms with Crippen molar-refractivity contribution < 1.29 is 0 Å². The Morgan fingerprint density at radius 1 is 1.50 bits per heavy atom. The molecule has 0 aromatic carbocycles. The maximum absolute atomic E-state index is 12.4. The van der Waals surface area contributed by atoms with Gasteiger partial charge in [0, 0.05) is 6.54 Å². The molecule has 1 aliphatic carbocycles. The maximum atomic E-state index is 12.4. The standard InChI is InChI=1S/C15H20N2OS2/c1-10-3-2-4-11(9-10)5-7-17-14(18)12-6-8-20-13(12)16-15(17)19/h6,8,10-11H,2-5,7,9H2,1H3,(H,16,19). The summed E-state index contributed by atoms with van der Waals surface area (Å²) in [7, 11) is 0. The second-order valence-electron chi connectivity index (χ2n) is 5.98. The molecule has 2 unspecified atom stereocenters. The van der Waals surface area contributed by atoms with Gasteiger partial charge in [-0.25, -0.2) is 0 Å². The number of nitrogens with zero attached hydrogens (tertiary/aromatic N) is 1. The molecule has 2 aromatic heterocycles. The van der Waals surface area contributed by atoms with Crippen molar-refractivity contribution in [3.8, 4) is 0 Å². The Hall–Kier alpha value is -0.940. The minimum Gasteiger partial charge on any atom is -0.323 e. The van der Waals surface area contributed by atoms with Gasteiger partial charge in [-0.15, -0.1) is 11.3 Å². The summed E-state index contributed by atoms with van der Waals surface area (Å²) in [6, 6.07) is 1.88. The molecule has 0 aliphatic heterocycles. The van der Waals surface area contributed by atoms with E-state index < -0.39 is 0 Å². The fourth-order valence-corrected chi connectivity index (χ4v) is 4.43. The fraction of sp³-hybridized carbons (Fsp3) is 0.600. The molecule has 0 spiro atoms. The Morgan fingerprint density at radius 3 is 3.15 bits per heavy atom. The third-order valence-corrected chi connectivity index (χ3v) is 5.56. The highest BCUT2D eigenvalue weighted by Gasteiger charge is 2.19. The van der Waals surface area contributed by atoms with Crippen molar-refractivity contribution in [2.75, 3.05) is 0 Å². The van der Waals surface area contributed by atoms with Crippen molar-refractivity contribution in [1.29, 1.82) is 0 Å². The average molecular weight is 308 g/mol. The van der Waals surface area contributed by atoms with Crippen LogP contribution in [0.3, 0.4) is 0 Å². The Balaban J connectivity index is 1.80. The van der Waals surface area contributed by atoms with Gasteiger partial charge < -0.3 is 4.98 Å². The quantitative estimate of drug-likeness (QED) is 0.857. The number of hydrogen-bond donors (Lipinski definition) is 1. The van der Waals surface area contributed by atoms with Crippen molar-refractivity contribution in [3.05, 3.63) is 26.6 Å². The summed E-state index contributed by atoms with van der Waals surface area (Å²) >= 11 is 6.87. The molecule has 2 heterocycles. The average Bonchev–Trinajstić information content (AvgIpc) is 2.87. The van der Waals surface area contributed by atoms with E-state index in [-0.39, 0.29) is 5.56 Å². The number of aromatic amines is 1. The van der Waals surface area contributed by atoms with Crippen LogP contribution in [0.2, 0.25) is 0 Å². The zero-order valence-corrected chi connectivity index (χ0v) is 13.4. The van der Waals surface area contributed by atoms with Crippen LogP contribution in [-0.4, -0.2) is 9.55 Å². The van der Waals surface area contributed by atoms with E-state index in [4.69, 9.17) is 12.2 Å². The van der Waals surface area contributed by atoms with Gasteiger partial charge in [-0.1, -0.05) is 26.2 Å². The van der Waals surface area contributed by atoms with Crippen LogP contribution < -0.4 is 5.56 Å². The van der Waals surface area contributed by atoms with Gasteiger partial charge >= 0.3 is 0 Å². The van der Waals surface area contributed by atoms with Crippen LogP contribution in [-0.2, 0) is 6.54 Å². The molecule has 108 valence electrons. The van der Waals surface area contributed by atoms with Crippen LogP contribution in [0.15, 0.2) is 16.2 Å². The fourth-order valence-electron chi connectivity index (χ4n) is 3.31. The maximum Gasteiger partial charge on any atom is 0.263 e. The van der Waals surface area contributed by atoms with Gasteiger partial charge in [0.1, 0.15) is 4.83 Å². The van der Waals surface area contributed by atoms with E-state index in [2.05, 4.69) is 11.9 Å². The SMILES string of the molecule is CC1CCCC(CCn2c(=S)[nH]c3sccc3c2=O)C1. The predicted octanol–water partition coefficient (Wildman–Crippen LogP) is 4.34. The molecule has 20 heavy (non-hydrogen) atoms. The van der Waals surface area contributed by atoms with Gasteiger partial charge in [0.2, 0.25) is 0 Å². The molecule has 3 nitrogen and oxygen atoms in total. The summed E-state index contributed by atoms with van der Waals surface area (Å²) in [4.78, 5) is 16.5. The zero-order valence-electron chi connectivity index (χ0n) is 11.7. The Kier molecular flexibility index (Phi) is 4.08. The Labute approximate surface area is 127 Å². The lowest BCUT2D eigenvalue weighted by Crippen LogP contribution is -2.24. The van der Waals surface area contributed by atoms with Crippen LogP contribution in [0.25, 0.3) is 10.2 Å². The van der Waals surface area contributed by atoms with Gasteiger partial charge in [-0.05, 0) is 48.3 Å². The highest BCUT2D eigenvalue weighted by molar-refractivity contribution is 7.71. The van der Waals surface area contributed by atoms with Crippen LogP contribution >= 0.6 is 23.6 Å². The lowest BCUT2D eigenvalue weighted by molar-refractivity contribution is 0.260. The zero-order chi connectivity index (χ0) is 14.1. The van der Waals surface area contributed by atoms with E-state index >= 15 is 0 Å². The van der Waals surface area contributed by atoms with Crippen LogP contribution in [0, 0.1) is 16.6 Å². The van der Waals surface area contributed by atoms with Crippen LogP contribution in [0.5, 0.6) is 0 Å². The smallest absolute Gasteiger partial charge is 0.263 e. The third-order valence-electron chi connectivity index (χ3n) is 4.41. The molecule has 1 N–H and O–H groups in total. The second-order valence-corrected chi connectivity index (χ2v) is 7.28. The monoisotopic (exact) mass is 308 g/mol. The van der Waals surface area contributed by atoms with E-state index in [1.54, 1.807) is 4.57 Å². The normalized spacial score (nSPS) is 23.2. The minimum absolute atomic E-state index is 0.0638. The lowest BCUT2D eigenvalue weighted by Gasteiger charge is -2.26. The first-order valence-electron chi connectivity index (χ1n) is 7.35. The number of H-pyrrole nitrogens is 1. The summed E-state index contributed by atoms with van der Waals surface area (Å²) in [5.74, 6) is 1.58. The molecule has 0 bridgehead atoms. The van der Waals surface area contributed by atoms with Crippen LogP contribution in [0.4, 0.5) is 0 Å². The summed E-state index contributed by atoms with van der Waals surface area (Å²) in [5, 5.41) is 2.70. The molecule has 2 atom stereocenters. The highest BCUT2D eigenvalue weighted by atomic mass is 32.1. The molecule has 0 saturated heterocycles. The molecular weight excluding hydrogens is 288 g/mol. The van der Waals surface area contributed by atoms with Gasteiger partial charge in [-0.2, -0.15) is 0 Å². The highest BCUT2D eigenvalue weighted by Crippen LogP contribution is 2.30. The van der Waals surface area contributed by atoms with Gasteiger partial charge in [-0.3, -0.25) is 9.36 Å². The number of hydrogen-bond acceptors (Lipinski definition) is 3. The first kappa shape index (κ1) is 14.0. The first-order chi connectivity index (χ1) is 9.65. The van der Waals surface area contributed by atoms with E-state index in [1.165, 1.54) is 37.0 Å². The van der Waals surface area contributed by atoms with Crippen molar-refractivity contribution >= 4 is 33.8 Å². The Bertz CT molecular complexity index is 712. The van der Waals surface area contributed by atoms with Crippen molar-refractivity contribution in [3.63, 3.8) is 0 Å². The Morgan fingerprint density at radius 2 is 2.35 bits per heavy atom. The summed E-state index contributed by atoms with van der Waals surface area (Å²) < 4.78 is 2.30. The van der Waals surface area contributed by atoms with Gasteiger partial charge in [0.15, 0.2) is 4.77 Å². The lowest BCUT2D eigenvalue weighted by atomic mass is 9.81. The van der Waals surface area contributed by atoms with E-state index in [1.807, 2.05) is 11.4 Å². The summed E-state index contributed by atoms with van der Waals surface area (Å²) in [5.41, 5.74) is 0.0638. The molecule has 1 fully saturated rings. The van der Waals surface area contributed by atoms with E-state index in [0.717, 1.165) is 35.0 Å². The van der Waals surface area contributed by atoms with E-state index in [9.17, 15) is 4.79 Å². The molecule has 1 saturated carbocycles. The molecule has 0 amide bonds. The first-order valence-corrected chi connectivity index (χ1v) is 8.64. The largest absolute Gasteiger partial charge is 0.323 e. The van der Waals surface area contributed by atoms with E-state index in [0.29, 0.717) is 4.77 Å². The van der Waals surface area contributed by atoms with Crippen molar-refractivity contribution in [2.24, 2.45) is 11.8 Å². The number of thiophene rings is 1. The molecule has 1 aliphatic rings. The molecular formula is C15H20N2OS2.